The molecular weight excluding hydrogens is 270 g/mol. The molecule has 1 aliphatic rings. The van der Waals surface area contributed by atoms with Crippen molar-refractivity contribution in [1.82, 2.24) is 0 Å². The molecule has 2 N–H and O–H groups in total. The van der Waals surface area contributed by atoms with Crippen LogP contribution in [0.1, 0.15) is 67.7 Å². The minimum Gasteiger partial charge on any atom is -0.460 e. The molecule has 1 rings (SSSR count). The molecule has 5 nitrogen and oxygen atoms in total. The molecule has 5 heteroatoms. The molecule has 126 valence electrons. The zero-order chi connectivity index (χ0) is 16.7. The van der Waals surface area contributed by atoms with Crippen LogP contribution in [0.5, 0.6) is 0 Å². The van der Waals surface area contributed by atoms with E-state index in [0.717, 1.165) is 6.42 Å². The molecule has 0 aromatic carbocycles. The third-order valence-corrected chi connectivity index (χ3v) is 2.73. The maximum absolute atomic E-state index is 11.8. The van der Waals surface area contributed by atoms with Crippen LogP contribution in [0, 0.1) is 0 Å². The van der Waals surface area contributed by atoms with Crippen LogP contribution in [-0.4, -0.2) is 36.1 Å². The highest BCUT2D eigenvalue weighted by Gasteiger charge is 2.36. The van der Waals surface area contributed by atoms with Crippen molar-refractivity contribution in [2.24, 2.45) is 5.73 Å². The minimum absolute atomic E-state index is 0.0428. The molecular formula is C16H33NO4. The standard InChI is InChI=1S/C14H27NO4.C2H6/c1-13(2,3)19-12(16)9-11-8-10(6-7-15)17-14(4,5)18-11;1-2/h10-11H,6-9,15H2,1-5H3;1-2H3/t10-,11-;/m1./s1. The zero-order valence-electron chi connectivity index (χ0n) is 14.7. The second kappa shape index (κ2) is 8.71. The van der Waals surface area contributed by atoms with Crippen LogP contribution < -0.4 is 5.73 Å². The molecule has 2 atom stereocenters. The summed E-state index contributed by atoms with van der Waals surface area (Å²) in [6, 6.07) is 0. The highest BCUT2D eigenvalue weighted by molar-refractivity contribution is 5.70. The normalized spacial score (nSPS) is 24.8. The fourth-order valence-corrected chi connectivity index (χ4v) is 2.28. The first-order chi connectivity index (χ1) is 9.61. The van der Waals surface area contributed by atoms with E-state index in [2.05, 4.69) is 0 Å². The monoisotopic (exact) mass is 303 g/mol. The van der Waals surface area contributed by atoms with E-state index in [1.54, 1.807) is 0 Å². The Balaban J connectivity index is 0.00000191. The lowest BCUT2D eigenvalue weighted by Crippen LogP contribution is -2.46. The molecule has 1 fully saturated rings. The summed E-state index contributed by atoms with van der Waals surface area (Å²) in [5.41, 5.74) is 5.10. The van der Waals surface area contributed by atoms with Gasteiger partial charge in [-0.05, 0) is 47.6 Å². The van der Waals surface area contributed by atoms with Gasteiger partial charge in [0.25, 0.3) is 0 Å². The number of rotatable bonds is 4. The number of esters is 1. The number of carbonyl (C=O) groups is 1. The Bertz CT molecular complexity index is 310. The largest absolute Gasteiger partial charge is 0.460 e. The lowest BCUT2D eigenvalue weighted by Gasteiger charge is -2.40. The summed E-state index contributed by atoms with van der Waals surface area (Å²) in [4.78, 5) is 11.8. The molecule has 0 radical (unpaired) electrons. The van der Waals surface area contributed by atoms with Gasteiger partial charge in [-0.25, -0.2) is 0 Å². The maximum Gasteiger partial charge on any atom is 0.308 e. The number of hydrogen-bond acceptors (Lipinski definition) is 5. The van der Waals surface area contributed by atoms with Crippen molar-refractivity contribution >= 4 is 5.97 Å². The molecule has 1 saturated heterocycles. The lowest BCUT2D eigenvalue weighted by atomic mass is 10.0. The summed E-state index contributed by atoms with van der Waals surface area (Å²) in [5, 5.41) is 0. The van der Waals surface area contributed by atoms with Crippen LogP contribution in [0.15, 0.2) is 0 Å². The summed E-state index contributed by atoms with van der Waals surface area (Å²) in [7, 11) is 0. The van der Waals surface area contributed by atoms with Gasteiger partial charge in [-0.2, -0.15) is 0 Å². The molecule has 21 heavy (non-hydrogen) atoms. The third-order valence-electron chi connectivity index (χ3n) is 2.73. The average Bonchev–Trinajstić information content (AvgIpc) is 2.26. The first kappa shape index (κ1) is 20.3. The predicted octanol–water partition coefficient (Wildman–Crippen LogP) is 3.00. The van der Waals surface area contributed by atoms with Gasteiger partial charge in [0, 0.05) is 6.42 Å². The topological polar surface area (TPSA) is 70.8 Å². The van der Waals surface area contributed by atoms with Crippen molar-refractivity contribution in [2.75, 3.05) is 6.54 Å². The molecule has 0 aromatic heterocycles. The van der Waals surface area contributed by atoms with Crippen molar-refractivity contribution in [1.29, 1.82) is 0 Å². The second-order valence-corrected chi connectivity index (χ2v) is 6.48. The van der Waals surface area contributed by atoms with Gasteiger partial charge in [0.1, 0.15) is 5.60 Å². The van der Waals surface area contributed by atoms with E-state index in [9.17, 15) is 4.79 Å². The van der Waals surface area contributed by atoms with Crippen molar-refractivity contribution in [3.8, 4) is 0 Å². The van der Waals surface area contributed by atoms with E-state index in [4.69, 9.17) is 19.9 Å². The Morgan fingerprint density at radius 1 is 1.24 bits per heavy atom. The van der Waals surface area contributed by atoms with Crippen molar-refractivity contribution in [3.63, 3.8) is 0 Å². The Labute approximate surface area is 129 Å². The number of carbonyl (C=O) groups excluding carboxylic acids is 1. The van der Waals surface area contributed by atoms with Gasteiger partial charge in [-0.1, -0.05) is 13.8 Å². The van der Waals surface area contributed by atoms with Crippen LogP contribution in [-0.2, 0) is 19.0 Å². The first-order valence-electron chi connectivity index (χ1n) is 7.89. The number of nitrogens with two attached hydrogens (primary N) is 1. The van der Waals surface area contributed by atoms with E-state index in [1.165, 1.54) is 0 Å². The third kappa shape index (κ3) is 9.06. The van der Waals surface area contributed by atoms with Crippen LogP contribution in [0.2, 0.25) is 0 Å². The summed E-state index contributed by atoms with van der Waals surface area (Å²) < 4.78 is 16.9. The van der Waals surface area contributed by atoms with Crippen LogP contribution in [0.4, 0.5) is 0 Å². The van der Waals surface area contributed by atoms with Crippen LogP contribution in [0.25, 0.3) is 0 Å². The zero-order valence-corrected chi connectivity index (χ0v) is 14.7. The highest BCUT2D eigenvalue weighted by atomic mass is 16.7. The smallest absolute Gasteiger partial charge is 0.308 e. The predicted molar refractivity (Wildman–Crippen MR) is 83.9 cm³/mol. The molecule has 1 heterocycles. The molecule has 0 spiro atoms. The van der Waals surface area contributed by atoms with Gasteiger partial charge >= 0.3 is 5.97 Å². The van der Waals surface area contributed by atoms with Crippen molar-refractivity contribution < 1.29 is 19.0 Å². The lowest BCUT2D eigenvalue weighted by molar-refractivity contribution is -0.300. The Morgan fingerprint density at radius 2 is 1.76 bits per heavy atom. The number of hydrogen-bond donors (Lipinski definition) is 1. The van der Waals surface area contributed by atoms with E-state index >= 15 is 0 Å². The molecule has 0 aliphatic carbocycles. The van der Waals surface area contributed by atoms with Gasteiger partial charge in [-0.15, -0.1) is 0 Å². The molecule has 0 unspecified atom stereocenters. The second-order valence-electron chi connectivity index (χ2n) is 6.48. The van der Waals surface area contributed by atoms with Crippen molar-refractivity contribution in [2.45, 2.75) is 91.3 Å². The molecule has 1 aliphatic heterocycles. The fourth-order valence-electron chi connectivity index (χ4n) is 2.28. The minimum atomic E-state index is -0.676. The molecule has 0 bridgehead atoms. The molecule has 0 saturated carbocycles. The van der Waals surface area contributed by atoms with Crippen molar-refractivity contribution in [3.05, 3.63) is 0 Å². The van der Waals surface area contributed by atoms with Gasteiger partial charge in [-0.3, -0.25) is 4.79 Å². The van der Waals surface area contributed by atoms with E-state index in [1.807, 2.05) is 48.5 Å². The van der Waals surface area contributed by atoms with Gasteiger partial charge in [0.15, 0.2) is 5.79 Å². The van der Waals surface area contributed by atoms with E-state index in [-0.39, 0.29) is 24.6 Å². The van der Waals surface area contributed by atoms with Gasteiger partial charge < -0.3 is 19.9 Å². The maximum atomic E-state index is 11.8. The Hall–Kier alpha value is -0.650. The number of ether oxygens (including phenoxy) is 3. The highest BCUT2D eigenvalue weighted by Crippen LogP contribution is 2.30. The Kier molecular flexibility index (Phi) is 8.44. The fraction of sp³-hybridized carbons (Fsp3) is 0.938. The van der Waals surface area contributed by atoms with E-state index in [0.29, 0.717) is 13.0 Å². The first-order valence-corrected chi connectivity index (χ1v) is 7.89. The summed E-state index contributed by atoms with van der Waals surface area (Å²) in [6.07, 6.45) is 1.58. The molecule has 0 amide bonds. The summed E-state index contributed by atoms with van der Waals surface area (Å²) in [5.74, 6) is -0.910. The molecule has 0 aromatic rings. The van der Waals surface area contributed by atoms with E-state index < -0.39 is 11.4 Å². The summed E-state index contributed by atoms with van der Waals surface area (Å²) >= 11 is 0. The van der Waals surface area contributed by atoms with Gasteiger partial charge in [0.05, 0.1) is 18.6 Å². The van der Waals surface area contributed by atoms with Crippen LogP contribution in [0.3, 0.4) is 0 Å². The SMILES string of the molecule is CC.CC(C)(C)OC(=O)C[C@H]1C[C@@H](CCN)OC(C)(C)O1. The average molecular weight is 303 g/mol. The quantitative estimate of drug-likeness (QED) is 0.808. The van der Waals surface area contributed by atoms with Crippen LogP contribution >= 0.6 is 0 Å². The van der Waals surface area contributed by atoms with Gasteiger partial charge in [0.2, 0.25) is 0 Å². The summed E-state index contributed by atoms with van der Waals surface area (Å²) in [6.45, 7) is 13.9. The Morgan fingerprint density at radius 3 is 2.24 bits per heavy atom.